The SMILES string of the molecule is Cc1ccc(-c2ccnc(N[C@H](CO)c3ccccc3)n2)c(C)n1. The molecule has 2 N–H and O–H groups in total. The van der Waals surface area contributed by atoms with Gasteiger partial charge in [-0.15, -0.1) is 0 Å². The Bertz CT molecular complexity index is 821. The summed E-state index contributed by atoms with van der Waals surface area (Å²) in [4.78, 5) is 13.3. The van der Waals surface area contributed by atoms with Crippen molar-refractivity contribution in [2.24, 2.45) is 0 Å². The molecule has 0 fully saturated rings. The molecule has 1 atom stereocenters. The van der Waals surface area contributed by atoms with Crippen LogP contribution in [0, 0.1) is 13.8 Å². The van der Waals surface area contributed by atoms with E-state index < -0.39 is 0 Å². The van der Waals surface area contributed by atoms with E-state index in [9.17, 15) is 5.11 Å². The second-order valence-corrected chi connectivity index (χ2v) is 5.64. The highest BCUT2D eigenvalue weighted by Crippen LogP contribution is 2.22. The largest absolute Gasteiger partial charge is 0.394 e. The van der Waals surface area contributed by atoms with Crippen LogP contribution in [0.15, 0.2) is 54.7 Å². The van der Waals surface area contributed by atoms with E-state index in [0.29, 0.717) is 5.95 Å². The van der Waals surface area contributed by atoms with Crippen molar-refractivity contribution < 1.29 is 5.11 Å². The van der Waals surface area contributed by atoms with Gasteiger partial charge in [0.25, 0.3) is 0 Å². The number of hydrogen-bond acceptors (Lipinski definition) is 5. The third-order valence-corrected chi connectivity index (χ3v) is 3.84. The minimum absolute atomic E-state index is 0.0390. The number of aliphatic hydroxyl groups is 1. The normalized spacial score (nSPS) is 12.0. The van der Waals surface area contributed by atoms with E-state index in [1.165, 1.54) is 0 Å². The van der Waals surface area contributed by atoms with Gasteiger partial charge in [0.2, 0.25) is 5.95 Å². The lowest BCUT2D eigenvalue weighted by Crippen LogP contribution is -2.16. The summed E-state index contributed by atoms with van der Waals surface area (Å²) in [6.07, 6.45) is 1.71. The molecule has 0 amide bonds. The van der Waals surface area contributed by atoms with E-state index in [-0.39, 0.29) is 12.6 Å². The second kappa shape index (κ2) is 7.19. The average molecular weight is 320 g/mol. The van der Waals surface area contributed by atoms with E-state index in [2.05, 4.69) is 20.3 Å². The van der Waals surface area contributed by atoms with E-state index in [1.807, 2.05) is 62.4 Å². The van der Waals surface area contributed by atoms with Gasteiger partial charge in [-0.1, -0.05) is 30.3 Å². The van der Waals surface area contributed by atoms with Crippen LogP contribution in [0.25, 0.3) is 11.3 Å². The first-order valence-electron chi connectivity index (χ1n) is 7.87. The summed E-state index contributed by atoms with van der Waals surface area (Å²) in [6, 6.07) is 15.4. The molecule has 24 heavy (non-hydrogen) atoms. The van der Waals surface area contributed by atoms with Gasteiger partial charge in [0.05, 0.1) is 18.3 Å². The highest BCUT2D eigenvalue weighted by atomic mass is 16.3. The maximum absolute atomic E-state index is 9.67. The Morgan fingerprint density at radius 2 is 1.79 bits per heavy atom. The van der Waals surface area contributed by atoms with Gasteiger partial charge in [-0.2, -0.15) is 0 Å². The van der Waals surface area contributed by atoms with Crippen LogP contribution in [0.5, 0.6) is 0 Å². The second-order valence-electron chi connectivity index (χ2n) is 5.64. The first kappa shape index (κ1) is 16.1. The Balaban J connectivity index is 1.87. The molecule has 0 aliphatic rings. The highest BCUT2D eigenvalue weighted by molar-refractivity contribution is 5.62. The van der Waals surface area contributed by atoms with Crippen LogP contribution in [0.1, 0.15) is 23.0 Å². The molecule has 0 unspecified atom stereocenters. The molecule has 0 aliphatic heterocycles. The van der Waals surface area contributed by atoms with E-state index >= 15 is 0 Å². The van der Waals surface area contributed by atoms with Crippen molar-refractivity contribution in [3.05, 3.63) is 71.7 Å². The number of benzene rings is 1. The zero-order valence-electron chi connectivity index (χ0n) is 13.8. The highest BCUT2D eigenvalue weighted by Gasteiger charge is 2.12. The van der Waals surface area contributed by atoms with Gasteiger partial charge in [-0.05, 0) is 37.6 Å². The molecular weight excluding hydrogens is 300 g/mol. The zero-order valence-corrected chi connectivity index (χ0v) is 13.8. The number of aryl methyl sites for hydroxylation is 2. The van der Waals surface area contributed by atoms with E-state index in [1.54, 1.807) is 6.20 Å². The molecule has 0 radical (unpaired) electrons. The fraction of sp³-hybridized carbons (Fsp3) is 0.211. The summed E-state index contributed by atoms with van der Waals surface area (Å²) in [5.74, 6) is 0.482. The number of aromatic nitrogens is 3. The molecule has 0 aliphatic carbocycles. The lowest BCUT2D eigenvalue weighted by Gasteiger charge is -2.17. The van der Waals surface area contributed by atoms with Crippen molar-refractivity contribution in [2.45, 2.75) is 19.9 Å². The summed E-state index contributed by atoms with van der Waals surface area (Å²) in [7, 11) is 0. The summed E-state index contributed by atoms with van der Waals surface area (Å²) in [6.45, 7) is 3.90. The first-order valence-corrected chi connectivity index (χ1v) is 7.87. The molecule has 0 saturated carbocycles. The number of aliphatic hydroxyl groups excluding tert-OH is 1. The van der Waals surface area contributed by atoms with Crippen molar-refractivity contribution in [1.29, 1.82) is 0 Å². The molecule has 122 valence electrons. The lowest BCUT2D eigenvalue weighted by atomic mass is 10.1. The topological polar surface area (TPSA) is 70.9 Å². The molecule has 5 heteroatoms. The summed E-state index contributed by atoms with van der Waals surface area (Å²) in [5.41, 5.74) is 4.69. The van der Waals surface area contributed by atoms with E-state index in [4.69, 9.17) is 0 Å². The number of hydrogen-bond donors (Lipinski definition) is 2. The number of rotatable bonds is 5. The van der Waals surface area contributed by atoms with Gasteiger partial charge in [-0.25, -0.2) is 9.97 Å². The Labute approximate surface area is 141 Å². The molecule has 2 heterocycles. The number of nitrogens with one attached hydrogen (secondary N) is 1. The van der Waals surface area contributed by atoms with Gasteiger partial charge in [0, 0.05) is 23.1 Å². The lowest BCUT2D eigenvalue weighted by molar-refractivity contribution is 0.276. The zero-order chi connectivity index (χ0) is 16.9. The third kappa shape index (κ3) is 3.58. The monoisotopic (exact) mass is 320 g/mol. The third-order valence-electron chi connectivity index (χ3n) is 3.84. The van der Waals surface area contributed by atoms with Crippen LogP contribution >= 0.6 is 0 Å². The van der Waals surface area contributed by atoms with Crippen LogP contribution in [-0.4, -0.2) is 26.7 Å². The Kier molecular flexibility index (Phi) is 4.82. The fourth-order valence-corrected chi connectivity index (χ4v) is 2.61. The number of pyridine rings is 1. The molecule has 3 rings (SSSR count). The van der Waals surface area contributed by atoms with Gasteiger partial charge >= 0.3 is 0 Å². The molecular formula is C19H20N4O. The fourth-order valence-electron chi connectivity index (χ4n) is 2.61. The van der Waals surface area contributed by atoms with Crippen LogP contribution in [-0.2, 0) is 0 Å². The van der Waals surface area contributed by atoms with Crippen molar-refractivity contribution in [3.63, 3.8) is 0 Å². The minimum atomic E-state index is -0.251. The molecule has 1 aromatic carbocycles. The van der Waals surface area contributed by atoms with Crippen LogP contribution in [0.3, 0.4) is 0 Å². The average Bonchev–Trinajstić information content (AvgIpc) is 2.60. The molecule has 0 spiro atoms. The number of nitrogens with zero attached hydrogens (tertiary/aromatic N) is 3. The van der Waals surface area contributed by atoms with Crippen molar-refractivity contribution in [1.82, 2.24) is 15.0 Å². The summed E-state index contributed by atoms with van der Waals surface area (Å²) >= 11 is 0. The predicted molar refractivity (Wildman–Crippen MR) is 94.6 cm³/mol. The van der Waals surface area contributed by atoms with Gasteiger partial charge in [0.15, 0.2) is 0 Å². The smallest absolute Gasteiger partial charge is 0.223 e. The molecule has 0 saturated heterocycles. The molecule has 2 aromatic heterocycles. The molecule has 0 bridgehead atoms. The van der Waals surface area contributed by atoms with Crippen LogP contribution in [0.4, 0.5) is 5.95 Å². The van der Waals surface area contributed by atoms with Crippen molar-refractivity contribution in [2.75, 3.05) is 11.9 Å². The standard InChI is InChI=1S/C19H20N4O/c1-13-8-9-16(14(2)21-13)17-10-11-20-19(22-17)23-18(12-24)15-6-4-3-5-7-15/h3-11,18,24H,12H2,1-2H3,(H,20,22,23)/t18-/m1/s1. The molecule has 5 nitrogen and oxygen atoms in total. The number of anilines is 1. The van der Waals surface area contributed by atoms with Crippen molar-refractivity contribution >= 4 is 5.95 Å². The maximum atomic E-state index is 9.67. The Morgan fingerprint density at radius 3 is 2.50 bits per heavy atom. The van der Waals surface area contributed by atoms with Gasteiger partial charge in [-0.3, -0.25) is 4.98 Å². The Hall–Kier alpha value is -2.79. The van der Waals surface area contributed by atoms with Crippen LogP contribution in [0.2, 0.25) is 0 Å². The van der Waals surface area contributed by atoms with Crippen LogP contribution < -0.4 is 5.32 Å². The molecule has 3 aromatic rings. The first-order chi connectivity index (χ1) is 11.7. The minimum Gasteiger partial charge on any atom is -0.394 e. The maximum Gasteiger partial charge on any atom is 0.223 e. The summed E-state index contributed by atoms with van der Waals surface area (Å²) < 4.78 is 0. The van der Waals surface area contributed by atoms with Crippen molar-refractivity contribution in [3.8, 4) is 11.3 Å². The summed E-state index contributed by atoms with van der Waals surface area (Å²) in [5, 5.41) is 12.9. The van der Waals surface area contributed by atoms with Gasteiger partial charge in [0.1, 0.15) is 0 Å². The Morgan fingerprint density at radius 1 is 1.00 bits per heavy atom. The van der Waals surface area contributed by atoms with Gasteiger partial charge < -0.3 is 10.4 Å². The quantitative estimate of drug-likeness (QED) is 0.755. The predicted octanol–water partition coefficient (Wildman–Crippen LogP) is 3.30. The van der Waals surface area contributed by atoms with E-state index in [0.717, 1.165) is 28.2 Å².